The van der Waals surface area contributed by atoms with Gasteiger partial charge in [0.05, 0.1) is 5.51 Å². The van der Waals surface area contributed by atoms with Crippen LogP contribution in [0.2, 0.25) is 0 Å². The van der Waals surface area contributed by atoms with E-state index in [-0.39, 0.29) is 11.7 Å². The first kappa shape index (κ1) is 14.0. The average Bonchev–Trinajstić information content (AvgIpc) is 2.94. The Bertz CT molecular complexity index is 633. The Morgan fingerprint density at radius 2 is 1.86 bits per heavy atom. The predicted molar refractivity (Wildman–Crippen MR) is 81.4 cm³/mol. The topological polar surface area (TPSA) is 36.4 Å². The quantitative estimate of drug-likeness (QED) is 0.855. The number of aromatic nitrogens is 1. The van der Waals surface area contributed by atoms with Gasteiger partial charge in [0.15, 0.2) is 0 Å². The first-order chi connectivity index (χ1) is 10.1. The summed E-state index contributed by atoms with van der Waals surface area (Å²) in [6.45, 7) is 4.74. The molecule has 1 aliphatic heterocycles. The molecule has 1 saturated heterocycles. The lowest BCUT2D eigenvalue weighted by Crippen LogP contribution is -2.49. The van der Waals surface area contributed by atoms with Crippen LogP contribution in [0, 0.1) is 12.7 Å². The molecule has 0 aliphatic carbocycles. The van der Waals surface area contributed by atoms with E-state index in [1.54, 1.807) is 17.6 Å². The summed E-state index contributed by atoms with van der Waals surface area (Å²) >= 11 is 1.49. The summed E-state index contributed by atoms with van der Waals surface area (Å²) in [6, 6.07) is 6.48. The predicted octanol–water partition coefficient (Wildman–Crippen LogP) is 2.55. The Kier molecular flexibility index (Phi) is 3.88. The molecular formula is C15H16FN3OS. The van der Waals surface area contributed by atoms with Gasteiger partial charge in [-0.25, -0.2) is 9.37 Å². The average molecular weight is 305 g/mol. The minimum atomic E-state index is -0.230. The van der Waals surface area contributed by atoms with Gasteiger partial charge in [-0.3, -0.25) is 4.79 Å². The lowest BCUT2D eigenvalue weighted by Gasteiger charge is -2.36. The maximum absolute atomic E-state index is 12.9. The fourth-order valence-electron chi connectivity index (χ4n) is 2.48. The molecule has 0 N–H and O–H groups in total. The first-order valence-electron chi connectivity index (χ1n) is 6.85. The molecule has 1 aliphatic rings. The zero-order valence-electron chi connectivity index (χ0n) is 11.8. The highest BCUT2D eigenvalue weighted by Crippen LogP contribution is 2.19. The van der Waals surface area contributed by atoms with Crippen LogP contribution < -0.4 is 4.90 Å². The standard InChI is InChI=1S/C15H16FN3OS/c1-11-14(17-10-21-11)15(20)19-8-6-18(7-9-19)13-4-2-12(16)3-5-13/h2-5,10H,6-9H2,1H3. The van der Waals surface area contributed by atoms with E-state index in [4.69, 9.17) is 0 Å². The molecule has 21 heavy (non-hydrogen) atoms. The first-order valence-corrected chi connectivity index (χ1v) is 7.73. The second kappa shape index (κ2) is 5.81. The molecular weight excluding hydrogens is 289 g/mol. The highest BCUT2D eigenvalue weighted by Gasteiger charge is 2.24. The van der Waals surface area contributed by atoms with Crippen molar-refractivity contribution >= 4 is 22.9 Å². The van der Waals surface area contributed by atoms with Crippen LogP contribution in [0.15, 0.2) is 29.8 Å². The van der Waals surface area contributed by atoms with Crippen LogP contribution in [0.1, 0.15) is 15.4 Å². The minimum Gasteiger partial charge on any atom is -0.368 e. The van der Waals surface area contributed by atoms with Gasteiger partial charge in [0.1, 0.15) is 11.5 Å². The number of benzene rings is 1. The maximum Gasteiger partial charge on any atom is 0.273 e. The van der Waals surface area contributed by atoms with Crippen LogP contribution in [-0.4, -0.2) is 42.0 Å². The van der Waals surface area contributed by atoms with E-state index in [1.807, 2.05) is 11.8 Å². The van der Waals surface area contributed by atoms with Gasteiger partial charge in [-0.05, 0) is 31.2 Å². The molecule has 1 aromatic carbocycles. The molecule has 0 radical (unpaired) electrons. The zero-order chi connectivity index (χ0) is 14.8. The number of rotatable bonds is 2. The van der Waals surface area contributed by atoms with Crippen molar-refractivity contribution < 1.29 is 9.18 Å². The van der Waals surface area contributed by atoms with E-state index in [0.717, 1.165) is 23.7 Å². The molecule has 1 aromatic heterocycles. The van der Waals surface area contributed by atoms with Crippen LogP contribution in [0.5, 0.6) is 0 Å². The third-order valence-electron chi connectivity index (χ3n) is 3.71. The molecule has 3 rings (SSSR count). The minimum absolute atomic E-state index is 0.00695. The Morgan fingerprint density at radius 1 is 1.19 bits per heavy atom. The molecule has 6 heteroatoms. The maximum atomic E-state index is 12.9. The van der Waals surface area contributed by atoms with E-state index >= 15 is 0 Å². The van der Waals surface area contributed by atoms with E-state index in [9.17, 15) is 9.18 Å². The number of carbonyl (C=O) groups is 1. The lowest BCUT2D eigenvalue weighted by atomic mass is 10.2. The molecule has 2 heterocycles. The third kappa shape index (κ3) is 2.90. The number of hydrogen-bond donors (Lipinski definition) is 0. The number of thiazole rings is 1. The highest BCUT2D eigenvalue weighted by atomic mass is 32.1. The molecule has 0 unspecified atom stereocenters. The number of halogens is 1. The van der Waals surface area contributed by atoms with Crippen LogP contribution in [0.3, 0.4) is 0 Å². The second-order valence-electron chi connectivity index (χ2n) is 5.01. The summed E-state index contributed by atoms with van der Waals surface area (Å²) in [6.07, 6.45) is 0. The van der Waals surface area contributed by atoms with Crippen molar-refractivity contribution in [3.05, 3.63) is 46.2 Å². The van der Waals surface area contributed by atoms with Gasteiger partial charge in [0.25, 0.3) is 5.91 Å². The fraction of sp³-hybridized carbons (Fsp3) is 0.333. The Balaban J connectivity index is 1.64. The molecule has 2 aromatic rings. The van der Waals surface area contributed by atoms with Crippen molar-refractivity contribution in [2.75, 3.05) is 31.1 Å². The molecule has 1 fully saturated rings. The summed E-state index contributed by atoms with van der Waals surface area (Å²) < 4.78 is 12.9. The third-order valence-corrected chi connectivity index (χ3v) is 4.46. The summed E-state index contributed by atoms with van der Waals surface area (Å²) in [7, 11) is 0. The van der Waals surface area contributed by atoms with Gasteiger partial charge in [-0.1, -0.05) is 0 Å². The van der Waals surface area contributed by atoms with Crippen molar-refractivity contribution in [1.29, 1.82) is 0 Å². The monoisotopic (exact) mass is 305 g/mol. The Labute approximate surface area is 126 Å². The SMILES string of the molecule is Cc1scnc1C(=O)N1CCN(c2ccc(F)cc2)CC1. The number of hydrogen-bond acceptors (Lipinski definition) is 4. The molecule has 1 amide bonds. The number of nitrogens with zero attached hydrogens (tertiary/aromatic N) is 3. The van der Waals surface area contributed by atoms with E-state index in [1.165, 1.54) is 23.5 Å². The van der Waals surface area contributed by atoms with E-state index < -0.39 is 0 Å². The van der Waals surface area contributed by atoms with Gasteiger partial charge < -0.3 is 9.80 Å². The highest BCUT2D eigenvalue weighted by molar-refractivity contribution is 7.09. The Hall–Kier alpha value is -1.95. The molecule has 0 atom stereocenters. The van der Waals surface area contributed by atoms with Crippen molar-refractivity contribution in [2.24, 2.45) is 0 Å². The van der Waals surface area contributed by atoms with Crippen molar-refractivity contribution in [3.63, 3.8) is 0 Å². The van der Waals surface area contributed by atoms with E-state index in [2.05, 4.69) is 9.88 Å². The molecule has 110 valence electrons. The number of amides is 1. The van der Waals surface area contributed by atoms with Crippen LogP contribution in [-0.2, 0) is 0 Å². The molecule has 4 nitrogen and oxygen atoms in total. The van der Waals surface area contributed by atoms with Gasteiger partial charge >= 0.3 is 0 Å². The fourth-order valence-corrected chi connectivity index (χ4v) is 3.05. The van der Waals surface area contributed by atoms with Gasteiger partial charge in [-0.2, -0.15) is 0 Å². The summed E-state index contributed by atoms with van der Waals surface area (Å²) in [5.41, 5.74) is 3.26. The van der Waals surface area contributed by atoms with Crippen LogP contribution in [0.4, 0.5) is 10.1 Å². The van der Waals surface area contributed by atoms with E-state index in [0.29, 0.717) is 18.8 Å². The lowest BCUT2D eigenvalue weighted by molar-refractivity contribution is 0.0741. The number of anilines is 1. The van der Waals surface area contributed by atoms with Gasteiger partial charge in [0, 0.05) is 36.7 Å². The normalized spacial score (nSPS) is 15.3. The molecule has 0 bridgehead atoms. The zero-order valence-corrected chi connectivity index (χ0v) is 12.6. The van der Waals surface area contributed by atoms with Crippen LogP contribution >= 0.6 is 11.3 Å². The molecule has 0 saturated carbocycles. The summed E-state index contributed by atoms with van der Waals surface area (Å²) in [5, 5.41) is 0. The molecule has 0 spiro atoms. The van der Waals surface area contributed by atoms with Gasteiger partial charge in [-0.15, -0.1) is 11.3 Å². The number of piperazine rings is 1. The van der Waals surface area contributed by atoms with Crippen LogP contribution in [0.25, 0.3) is 0 Å². The summed E-state index contributed by atoms with van der Waals surface area (Å²) in [5.74, 6) is -0.223. The largest absolute Gasteiger partial charge is 0.368 e. The summed E-state index contributed by atoms with van der Waals surface area (Å²) in [4.78, 5) is 21.5. The van der Waals surface area contributed by atoms with Crippen molar-refractivity contribution in [1.82, 2.24) is 9.88 Å². The number of aryl methyl sites for hydroxylation is 1. The smallest absolute Gasteiger partial charge is 0.273 e. The Morgan fingerprint density at radius 3 is 2.43 bits per heavy atom. The van der Waals surface area contributed by atoms with Crippen molar-refractivity contribution in [2.45, 2.75) is 6.92 Å². The van der Waals surface area contributed by atoms with Gasteiger partial charge in [0.2, 0.25) is 0 Å². The second-order valence-corrected chi connectivity index (χ2v) is 6.07. The number of carbonyl (C=O) groups excluding carboxylic acids is 1. The van der Waals surface area contributed by atoms with Crippen molar-refractivity contribution in [3.8, 4) is 0 Å².